The molecule has 0 saturated heterocycles. The first-order valence-corrected chi connectivity index (χ1v) is 9.60. The summed E-state index contributed by atoms with van der Waals surface area (Å²) in [5, 5.41) is 2.98. The van der Waals surface area contributed by atoms with Crippen LogP contribution in [0, 0.1) is 0 Å². The van der Waals surface area contributed by atoms with Gasteiger partial charge in [-0.3, -0.25) is 14.5 Å². The van der Waals surface area contributed by atoms with Gasteiger partial charge in [-0.1, -0.05) is 23.7 Å². The van der Waals surface area contributed by atoms with E-state index in [4.69, 9.17) is 21.1 Å². The van der Waals surface area contributed by atoms with Crippen LogP contribution >= 0.6 is 11.6 Å². The fourth-order valence-electron chi connectivity index (χ4n) is 2.55. The summed E-state index contributed by atoms with van der Waals surface area (Å²) < 4.78 is 36.8. The minimum absolute atomic E-state index is 0.126. The number of hydrogen-bond acceptors (Lipinski definition) is 6. The molecular formula is C17H16ClN3O5S. The van der Waals surface area contributed by atoms with Gasteiger partial charge in [-0.05, 0) is 12.1 Å². The van der Waals surface area contributed by atoms with Gasteiger partial charge < -0.3 is 14.8 Å². The molecule has 142 valence electrons. The second-order valence-electron chi connectivity index (χ2n) is 5.50. The normalized spacial score (nSPS) is 15.7. The van der Waals surface area contributed by atoms with Gasteiger partial charge in [0.2, 0.25) is 5.91 Å². The molecular weight excluding hydrogens is 394 g/mol. The lowest BCUT2D eigenvalue weighted by Gasteiger charge is -2.12. The number of nitrogens with zero attached hydrogens (tertiary/aromatic N) is 1. The number of amides is 1. The van der Waals surface area contributed by atoms with Crippen molar-refractivity contribution in [2.45, 2.75) is 4.90 Å². The number of ether oxygens (including phenoxy) is 2. The molecule has 0 atom stereocenters. The summed E-state index contributed by atoms with van der Waals surface area (Å²) in [6, 6.07) is 9.46. The molecule has 0 aliphatic carbocycles. The van der Waals surface area contributed by atoms with E-state index in [-0.39, 0.29) is 17.3 Å². The van der Waals surface area contributed by atoms with E-state index < -0.39 is 15.9 Å². The number of carbonyl (C=O) groups excluding carboxylic acids is 1. The van der Waals surface area contributed by atoms with Crippen LogP contribution in [-0.2, 0) is 14.8 Å². The van der Waals surface area contributed by atoms with Crippen molar-refractivity contribution in [1.82, 2.24) is 4.72 Å². The highest BCUT2D eigenvalue weighted by Crippen LogP contribution is 2.35. The monoisotopic (exact) mass is 409 g/mol. The van der Waals surface area contributed by atoms with E-state index in [9.17, 15) is 13.2 Å². The third-order valence-electron chi connectivity index (χ3n) is 3.79. The number of aliphatic imine (C=N–C) groups is 1. The highest BCUT2D eigenvalue weighted by Gasteiger charge is 2.30. The van der Waals surface area contributed by atoms with Crippen molar-refractivity contribution >= 4 is 39.1 Å². The van der Waals surface area contributed by atoms with Gasteiger partial charge in [0, 0.05) is 17.7 Å². The lowest BCUT2D eigenvalue weighted by molar-refractivity contribution is -0.114. The largest absolute Gasteiger partial charge is 0.495 e. The van der Waals surface area contributed by atoms with E-state index in [0.29, 0.717) is 27.8 Å². The molecule has 0 saturated carbocycles. The Morgan fingerprint density at radius 1 is 1.19 bits per heavy atom. The van der Waals surface area contributed by atoms with Crippen LogP contribution < -0.4 is 19.5 Å². The topological polar surface area (TPSA) is 106 Å². The van der Waals surface area contributed by atoms with E-state index in [0.717, 1.165) is 0 Å². The number of benzene rings is 2. The first-order chi connectivity index (χ1) is 12.9. The Labute approximate surface area is 161 Å². The van der Waals surface area contributed by atoms with Gasteiger partial charge in [0.1, 0.15) is 23.9 Å². The van der Waals surface area contributed by atoms with E-state index >= 15 is 0 Å². The number of hydrogen-bond donors (Lipinski definition) is 2. The quantitative estimate of drug-likeness (QED) is 0.785. The molecule has 1 aliphatic rings. The molecule has 1 aliphatic heterocycles. The van der Waals surface area contributed by atoms with E-state index in [1.54, 1.807) is 18.2 Å². The second kappa shape index (κ2) is 7.45. The zero-order valence-corrected chi connectivity index (χ0v) is 16.0. The van der Waals surface area contributed by atoms with Crippen molar-refractivity contribution in [2.75, 3.05) is 26.1 Å². The number of anilines is 1. The maximum absolute atomic E-state index is 12.3. The van der Waals surface area contributed by atoms with Crippen LogP contribution in [0.15, 0.2) is 46.3 Å². The maximum atomic E-state index is 12.3. The van der Waals surface area contributed by atoms with E-state index in [2.05, 4.69) is 15.0 Å². The summed E-state index contributed by atoms with van der Waals surface area (Å²) in [7, 11) is -0.754. The average Bonchev–Trinajstić information content (AvgIpc) is 2.92. The van der Waals surface area contributed by atoms with Crippen LogP contribution in [0.4, 0.5) is 5.69 Å². The molecule has 0 unspecified atom stereocenters. The third kappa shape index (κ3) is 3.83. The molecule has 0 fully saturated rings. The molecule has 2 N–H and O–H groups in total. The molecule has 0 aromatic heterocycles. The summed E-state index contributed by atoms with van der Waals surface area (Å²) in [5.74, 6) is 0.389. The molecule has 1 heterocycles. The Morgan fingerprint density at radius 2 is 1.89 bits per heavy atom. The smallest absolute Gasteiger partial charge is 0.263 e. The van der Waals surface area contributed by atoms with Gasteiger partial charge >= 0.3 is 0 Å². The number of amidine groups is 1. The SMILES string of the molecule is COc1cc(NC(=O)CN=C2NS(=O)(=O)c3ccccc32)c(OC)cc1Cl. The fourth-order valence-corrected chi connectivity index (χ4v) is 4.03. The minimum atomic E-state index is -3.65. The lowest BCUT2D eigenvalue weighted by Crippen LogP contribution is -2.24. The molecule has 0 spiro atoms. The van der Waals surface area contributed by atoms with E-state index in [1.165, 1.54) is 32.4 Å². The van der Waals surface area contributed by atoms with Gasteiger partial charge in [-0.2, -0.15) is 0 Å². The molecule has 1 amide bonds. The van der Waals surface area contributed by atoms with Crippen molar-refractivity contribution in [3.8, 4) is 11.5 Å². The van der Waals surface area contributed by atoms with Crippen LogP contribution in [0.1, 0.15) is 5.56 Å². The Balaban J connectivity index is 1.79. The summed E-state index contributed by atoms with van der Waals surface area (Å²) in [5.41, 5.74) is 0.785. The zero-order chi connectivity index (χ0) is 19.6. The van der Waals surface area contributed by atoms with Crippen LogP contribution in [0.3, 0.4) is 0 Å². The van der Waals surface area contributed by atoms with Gasteiger partial charge in [-0.25, -0.2) is 8.42 Å². The van der Waals surface area contributed by atoms with Gasteiger partial charge in [-0.15, -0.1) is 0 Å². The van der Waals surface area contributed by atoms with Crippen molar-refractivity contribution in [2.24, 2.45) is 4.99 Å². The molecule has 8 nitrogen and oxygen atoms in total. The average molecular weight is 410 g/mol. The first-order valence-electron chi connectivity index (χ1n) is 7.73. The molecule has 27 heavy (non-hydrogen) atoms. The number of sulfonamides is 1. The maximum Gasteiger partial charge on any atom is 0.263 e. The third-order valence-corrected chi connectivity index (χ3v) is 5.48. The summed E-state index contributed by atoms with van der Waals surface area (Å²) in [4.78, 5) is 16.5. The Hall–Kier alpha value is -2.78. The minimum Gasteiger partial charge on any atom is -0.495 e. The number of methoxy groups -OCH3 is 2. The van der Waals surface area contributed by atoms with Crippen LogP contribution in [0.25, 0.3) is 0 Å². The van der Waals surface area contributed by atoms with Crippen molar-refractivity contribution < 1.29 is 22.7 Å². The number of carbonyl (C=O) groups is 1. The highest BCUT2D eigenvalue weighted by atomic mass is 35.5. The Bertz CT molecular complexity index is 1040. The molecule has 2 aromatic carbocycles. The van der Waals surface area contributed by atoms with Crippen LogP contribution in [0.5, 0.6) is 11.5 Å². The predicted octanol–water partition coefficient (Wildman–Crippen LogP) is 2.03. The van der Waals surface area contributed by atoms with Crippen molar-refractivity contribution in [1.29, 1.82) is 0 Å². The highest BCUT2D eigenvalue weighted by molar-refractivity contribution is 7.90. The molecule has 2 aromatic rings. The van der Waals surface area contributed by atoms with Gasteiger partial charge in [0.15, 0.2) is 0 Å². The zero-order valence-electron chi connectivity index (χ0n) is 14.4. The summed E-state index contributed by atoms with van der Waals surface area (Å²) in [6.07, 6.45) is 0. The second-order valence-corrected chi connectivity index (χ2v) is 7.56. The molecule has 10 heteroatoms. The molecule has 0 bridgehead atoms. The van der Waals surface area contributed by atoms with Crippen molar-refractivity contribution in [3.05, 3.63) is 47.0 Å². The van der Waals surface area contributed by atoms with Gasteiger partial charge in [0.25, 0.3) is 10.0 Å². The van der Waals surface area contributed by atoms with E-state index in [1.807, 2.05) is 0 Å². The first kappa shape index (κ1) is 19.0. The predicted molar refractivity (Wildman–Crippen MR) is 101 cm³/mol. The summed E-state index contributed by atoms with van der Waals surface area (Å²) in [6.45, 7) is -0.291. The lowest BCUT2D eigenvalue weighted by atomic mass is 10.2. The molecule has 0 radical (unpaired) electrons. The number of halogens is 1. The van der Waals surface area contributed by atoms with Crippen molar-refractivity contribution in [3.63, 3.8) is 0 Å². The Kier molecular flexibility index (Phi) is 5.24. The Morgan fingerprint density at radius 3 is 2.59 bits per heavy atom. The fraction of sp³-hybridized carbons (Fsp3) is 0.176. The standard InChI is InChI=1S/C17H16ClN3O5S/c1-25-13-8-12(14(26-2)7-11(13)18)20-16(22)9-19-17-10-5-3-4-6-15(10)27(23,24)21-17/h3-8H,9H2,1-2H3,(H,19,21)(H,20,22). The number of nitrogens with one attached hydrogen (secondary N) is 2. The summed E-state index contributed by atoms with van der Waals surface area (Å²) >= 11 is 6.03. The number of fused-ring (bicyclic) bond motifs is 1. The van der Waals surface area contributed by atoms with Crippen LogP contribution in [0.2, 0.25) is 5.02 Å². The molecule has 3 rings (SSSR count). The van der Waals surface area contributed by atoms with Crippen LogP contribution in [-0.4, -0.2) is 40.9 Å². The van der Waals surface area contributed by atoms with Gasteiger partial charge in [0.05, 0.1) is 29.8 Å². The number of rotatable bonds is 5.